The van der Waals surface area contributed by atoms with Crippen LogP contribution >= 0.6 is 11.8 Å². The first-order valence-corrected chi connectivity index (χ1v) is 6.98. The first-order chi connectivity index (χ1) is 6.59. The van der Waals surface area contributed by atoms with Gasteiger partial charge in [0.25, 0.3) is 0 Å². The van der Waals surface area contributed by atoms with Crippen molar-refractivity contribution in [3.8, 4) is 0 Å². The molecule has 2 fully saturated rings. The predicted molar refractivity (Wildman–Crippen MR) is 64.9 cm³/mol. The van der Waals surface area contributed by atoms with E-state index in [1.807, 2.05) is 0 Å². The molecule has 0 bridgehead atoms. The van der Waals surface area contributed by atoms with Crippen molar-refractivity contribution in [3.63, 3.8) is 0 Å². The highest BCUT2D eigenvalue weighted by Gasteiger charge is 2.41. The normalized spacial score (nSPS) is 41.8. The van der Waals surface area contributed by atoms with Crippen LogP contribution in [0.4, 0.5) is 0 Å². The van der Waals surface area contributed by atoms with Crippen molar-refractivity contribution in [2.24, 2.45) is 5.92 Å². The molecule has 2 rings (SSSR count). The first-order valence-electron chi connectivity index (χ1n) is 5.99. The Bertz CT molecular complexity index is 202. The molecule has 82 valence electrons. The van der Waals surface area contributed by atoms with E-state index in [-0.39, 0.29) is 0 Å². The van der Waals surface area contributed by atoms with Gasteiger partial charge in [0, 0.05) is 22.6 Å². The van der Waals surface area contributed by atoms with Gasteiger partial charge in [-0.05, 0) is 32.6 Å². The van der Waals surface area contributed by atoms with Gasteiger partial charge in [-0.15, -0.1) is 0 Å². The van der Waals surface area contributed by atoms with Gasteiger partial charge in [0.15, 0.2) is 0 Å². The fourth-order valence-corrected chi connectivity index (χ4v) is 3.74. The molecular formula is C12H23NS. The minimum atomic E-state index is 0.483. The molecule has 0 spiro atoms. The third-order valence-electron chi connectivity index (χ3n) is 3.99. The minimum absolute atomic E-state index is 0.483. The Labute approximate surface area is 92.4 Å². The van der Waals surface area contributed by atoms with Crippen LogP contribution in [-0.2, 0) is 0 Å². The zero-order chi connectivity index (χ0) is 10.2. The molecule has 1 N–H and O–H groups in total. The van der Waals surface area contributed by atoms with Gasteiger partial charge >= 0.3 is 0 Å². The molecule has 1 heterocycles. The Morgan fingerprint density at radius 1 is 1.21 bits per heavy atom. The lowest BCUT2D eigenvalue weighted by Gasteiger charge is -2.47. The molecule has 3 unspecified atom stereocenters. The minimum Gasteiger partial charge on any atom is -0.309 e. The Hall–Kier alpha value is 0.310. The molecule has 2 aliphatic rings. The quantitative estimate of drug-likeness (QED) is 0.756. The summed E-state index contributed by atoms with van der Waals surface area (Å²) in [6.07, 6.45) is 5.71. The molecule has 0 amide bonds. The highest BCUT2D eigenvalue weighted by molar-refractivity contribution is 8.02. The summed E-state index contributed by atoms with van der Waals surface area (Å²) in [7, 11) is 0. The summed E-state index contributed by atoms with van der Waals surface area (Å²) >= 11 is 2.10. The largest absolute Gasteiger partial charge is 0.309 e. The molecule has 0 aromatic rings. The van der Waals surface area contributed by atoms with E-state index in [1.165, 1.54) is 31.4 Å². The van der Waals surface area contributed by atoms with E-state index in [1.54, 1.807) is 0 Å². The van der Waals surface area contributed by atoms with Crippen molar-refractivity contribution in [1.29, 1.82) is 0 Å². The zero-order valence-electron chi connectivity index (χ0n) is 9.68. The van der Waals surface area contributed by atoms with Gasteiger partial charge in [0.05, 0.1) is 0 Å². The molecule has 2 heteroatoms. The van der Waals surface area contributed by atoms with Gasteiger partial charge in [0.1, 0.15) is 0 Å². The lowest BCUT2D eigenvalue weighted by Crippen LogP contribution is -2.59. The van der Waals surface area contributed by atoms with Crippen LogP contribution in [-0.4, -0.2) is 22.6 Å². The smallest absolute Gasteiger partial charge is 0.0302 e. The summed E-state index contributed by atoms with van der Waals surface area (Å²) in [5.41, 5.74) is 0. The highest BCUT2D eigenvalue weighted by Crippen LogP contribution is 2.41. The molecule has 1 saturated carbocycles. The number of nitrogens with one attached hydrogen (secondary N) is 1. The Morgan fingerprint density at radius 2 is 1.93 bits per heavy atom. The third-order valence-corrected chi connectivity index (χ3v) is 5.52. The second-order valence-electron chi connectivity index (χ2n) is 5.50. The van der Waals surface area contributed by atoms with Crippen molar-refractivity contribution < 1.29 is 0 Å². The van der Waals surface area contributed by atoms with Gasteiger partial charge in [0.2, 0.25) is 0 Å². The Kier molecular flexibility index (Phi) is 3.13. The van der Waals surface area contributed by atoms with Crippen LogP contribution in [0.1, 0.15) is 46.5 Å². The molecule has 1 saturated heterocycles. The number of hydrogen-bond acceptors (Lipinski definition) is 2. The van der Waals surface area contributed by atoms with E-state index < -0.39 is 0 Å². The summed E-state index contributed by atoms with van der Waals surface area (Å²) in [6, 6.07) is 1.56. The Morgan fingerprint density at radius 3 is 2.43 bits per heavy atom. The molecule has 1 aliphatic heterocycles. The number of rotatable bonds is 2. The van der Waals surface area contributed by atoms with Crippen molar-refractivity contribution in [2.75, 3.05) is 5.75 Å². The topological polar surface area (TPSA) is 12.0 Å². The molecule has 0 aromatic heterocycles. The van der Waals surface area contributed by atoms with Gasteiger partial charge in [-0.25, -0.2) is 0 Å². The molecule has 0 aromatic carbocycles. The summed E-state index contributed by atoms with van der Waals surface area (Å²) in [4.78, 5) is 0. The second-order valence-corrected chi connectivity index (χ2v) is 7.18. The van der Waals surface area contributed by atoms with E-state index in [0.717, 1.165) is 18.0 Å². The van der Waals surface area contributed by atoms with E-state index in [4.69, 9.17) is 0 Å². The van der Waals surface area contributed by atoms with Crippen molar-refractivity contribution in [2.45, 2.75) is 63.3 Å². The maximum absolute atomic E-state index is 3.87. The highest BCUT2D eigenvalue weighted by atomic mass is 32.2. The summed E-state index contributed by atoms with van der Waals surface area (Å²) in [6.45, 7) is 7.15. The maximum Gasteiger partial charge on any atom is 0.0302 e. The monoisotopic (exact) mass is 213 g/mol. The van der Waals surface area contributed by atoms with Crippen molar-refractivity contribution >= 4 is 11.8 Å². The van der Waals surface area contributed by atoms with E-state index in [9.17, 15) is 0 Å². The van der Waals surface area contributed by atoms with Crippen molar-refractivity contribution in [3.05, 3.63) is 0 Å². The Balaban J connectivity index is 1.84. The van der Waals surface area contributed by atoms with Crippen molar-refractivity contribution in [1.82, 2.24) is 5.32 Å². The third kappa shape index (κ3) is 2.11. The van der Waals surface area contributed by atoms with Gasteiger partial charge in [-0.1, -0.05) is 19.8 Å². The summed E-state index contributed by atoms with van der Waals surface area (Å²) in [5, 5.41) is 3.87. The molecule has 3 atom stereocenters. The predicted octanol–water partition coefficient (Wildman–Crippen LogP) is 3.05. The fourth-order valence-electron chi connectivity index (χ4n) is 2.57. The van der Waals surface area contributed by atoms with Gasteiger partial charge in [-0.2, -0.15) is 11.8 Å². The molecular weight excluding hydrogens is 190 g/mol. The SMILES string of the molecule is CC1CCCCC1NC1CSC1(C)C. The van der Waals surface area contributed by atoms with E-state index >= 15 is 0 Å². The molecule has 14 heavy (non-hydrogen) atoms. The molecule has 1 nitrogen and oxygen atoms in total. The van der Waals surface area contributed by atoms with Crippen LogP contribution in [0.2, 0.25) is 0 Å². The van der Waals surface area contributed by atoms with Crippen LogP contribution in [0, 0.1) is 5.92 Å². The van der Waals surface area contributed by atoms with Crippen LogP contribution in [0.3, 0.4) is 0 Å². The number of thioether (sulfide) groups is 1. The van der Waals surface area contributed by atoms with E-state index in [0.29, 0.717) is 4.75 Å². The standard InChI is InChI=1S/C12H23NS/c1-9-6-4-5-7-10(9)13-11-8-14-12(11,2)3/h9-11,13H,4-8H2,1-3H3. The van der Waals surface area contributed by atoms with Crippen LogP contribution < -0.4 is 5.32 Å². The lowest BCUT2D eigenvalue weighted by atomic mass is 9.85. The van der Waals surface area contributed by atoms with Crippen LogP contribution in [0.25, 0.3) is 0 Å². The zero-order valence-corrected chi connectivity index (χ0v) is 10.5. The molecule has 0 radical (unpaired) electrons. The average Bonchev–Trinajstić information content (AvgIpc) is 2.15. The van der Waals surface area contributed by atoms with Gasteiger partial charge < -0.3 is 5.32 Å². The lowest BCUT2D eigenvalue weighted by molar-refractivity contribution is 0.246. The molecule has 1 aliphatic carbocycles. The first kappa shape index (κ1) is 10.8. The number of hydrogen-bond donors (Lipinski definition) is 1. The summed E-state index contributed by atoms with van der Waals surface area (Å²) < 4.78 is 0.483. The maximum atomic E-state index is 3.87. The average molecular weight is 213 g/mol. The van der Waals surface area contributed by atoms with Crippen LogP contribution in [0.15, 0.2) is 0 Å². The summed E-state index contributed by atoms with van der Waals surface area (Å²) in [5.74, 6) is 2.21. The van der Waals surface area contributed by atoms with Gasteiger partial charge in [-0.3, -0.25) is 0 Å². The van der Waals surface area contributed by atoms with Crippen LogP contribution in [0.5, 0.6) is 0 Å². The second kappa shape index (κ2) is 4.05. The van der Waals surface area contributed by atoms with E-state index in [2.05, 4.69) is 37.8 Å². The fraction of sp³-hybridized carbons (Fsp3) is 1.00.